The van der Waals surface area contributed by atoms with E-state index in [9.17, 15) is 0 Å². The third-order valence-electron chi connectivity index (χ3n) is 5.17. The van der Waals surface area contributed by atoms with Crippen molar-refractivity contribution in [2.45, 2.75) is 39.2 Å². The Labute approximate surface area is 166 Å². The first-order chi connectivity index (χ1) is 12.4. The maximum absolute atomic E-state index is 6.63. The highest BCUT2D eigenvalue weighted by Gasteiger charge is 2.44. The lowest BCUT2D eigenvalue weighted by atomic mass is 10.1. The van der Waals surface area contributed by atoms with E-state index < -0.39 is 0 Å². The maximum Gasteiger partial charge on any atom is 0.197 e. The van der Waals surface area contributed by atoms with Crippen LogP contribution in [0.3, 0.4) is 0 Å². The van der Waals surface area contributed by atoms with Gasteiger partial charge < -0.3 is 0 Å². The lowest BCUT2D eigenvalue weighted by Gasteiger charge is -2.40. The van der Waals surface area contributed by atoms with Crippen molar-refractivity contribution in [1.29, 1.82) is 0 Å². The quantitative estimate of drug-likeness (QED) is 0.321. The summed E-state index contributed by atoms with van der Waals surface area (Å²) in [5.74, 6) is 0. The second-order valence-corrected chi connectivity index (χ2v) is 8.06. The molecule has 0 aliphatic carbocycles. The summed E-state index contributed by atoms with van der Waals surface area (Å²) in [5.41, 5.74) is 1.23. The molecule has 140 valence electrons. The molecule has 0 radical (unpaired) electrons. The molecule has 1 aliphatic rings. The van der Waals surface area contributed by atoms with Crippen LogP contribution < -0.4 is 0 Å². The third kappa shape index (κ3) is 3.80. The van der Waals surface area contributed by atoms with Crippen LogP contribution in [0, 0.1) is 0 Å². The number of nitrogens with zero attached hydrogens (tertiary/aromatic N) is 3. The normalized spacial score (nSPS) is 16.8. The van der Waals surface area contributed by atoms with Gasteiger partial charge in [0.1, 0.15) is 14.1 Å². The number of quaternary nitrogens is 1. The van der Waals surface area contributed by atoms with Crippen LogP contribution in [-0.2, 0) is 6.54 Å². The second-order valence-electron chi connectivity index (χ2n) is 7.34. The van der Waals surface area contributed by atoms with Crippen molar-refractivity contribution in [2.24, 2.45) is 0 Å². The summed E-state index contributed by atoms with van der Waals surface area (Å²) in [6.07, 6.45) is 4.84. The van der Waals surface area contributed by atoms with Crippen LogP contribution in [0.1, 0.15) is 38.2 Å². The van der Waals surface area contributed by atoms with Gasteiger partial charge in [-0.25, -0.2) is 0 Å². The summed E-state index contributed by atoms with van der Waals surface area (Å²) in [6.45, 7) is 3.86. The molecule has 0 spiro atoms. The fourth-order valence-electron chi connectivity index (χ4n) is 3.56. The molecule has 0 amide bonds. The zero-order valence-corrected chi connectivity index (χ0v) is 17.4. The van der Waals surface area contributed by atoms with Gasteiger partial charge in [0.15, 0.2) is 10.3 Å². The van der Waals surface area contributed by atoms with Crippen LogP contribution in [0.2, 0.25) is 0 Å². The van der Waals surface area contributed by atoms with E-state index >= 15 is 0 Å². The Morgan fingerprint density at radius 3 is 2.27 bits per heavy atom. The average molecular weight is 393 g/mol. The van der Waals surface area contributed by atoms with Crippen molar-refractivity contribution < 1.29 is 4.70 Å². The molecular weight excluding hydrogens is 365 g/mol. The Hall–Kier alpha value is -1.42. The predicted octanol–water partition coefficient (Wildman–Crippen LogP) is 6.05. The molecule has 1 aliphatic heterocycles. The van der Waals surface area contributed by atoms with Crippen molar-refractivity contribution in [3.8, 4) is 0 Å². The third-order valence-corrected chi connectivity index (χ3v) is 6.02. The maximum atomic E-state index is 6.63. The van der Waals surface area contributed by atoms with Gasteiger partial charge in [-0.1, -0.05) is 85.8 Å². The lowest BCUT2D eigenvalue weighted by molar-refractivity contribution is -1.08. The molecule has 2 aromatic rings. The number of fused-ring (bicyclic) bond motifs is 1. The molecule has 3 rings (SSSR count). The van der Waals surface area contributed by atoms with Gasteiger partial charge in [-0.05, 0) is 28.8 Å². The molecule has 0 aromatic heterocycles. The molecule has 0 saturated carbocycles. The summed E-state index contributed by atoms with van der Waals surface area (Å²) >= 11 is 13.2. The molecule has 1 heterocycles. The second kappa shape index (κ2) is 8.08. The summed E-state index contributed by atoms with van der Waals surface area (Å²) in [7, 11) is 4.28. The first kappa shape index (κ1) is 19.3. The molecule has 0 saturated heterocycles. The molecule has 0 bridgehead atoms. The van der Waals surface area contributed by atoms with Gasteiger partial charge in [0.2, 0.25) is 0 Å². The zero-order chi connectivity index (χ0) is 18.7. The smallest absolute Gasteiger partial charge is 0.186 e. The zero-order valence-electron chi connectivity index (χ0n) is 15.9. The number of benzene rings is 2. The predicted molar refractivity (Wildman–Crippen MR) is 111 cm³/mol. The van der Waals surface area contributed by atoms with Crippen molar-refractivity contribution in [2.75, 3.05) is 20.6 Å². The fourth-order valence-corrected chi connectivity index (χ4v) is 4.27. The van der Waals surface area contributed by atoms with Crippen LogP contribution in [0.4, 0.5) is 0 Å². The molecule has 0 unspecified atom stereocenters. The van der Waals surface area contributed by atoms with E-state index in [0.29, 0.717) is 15.0 Å². The Bertz CT molecular complexity index is 801. The molecular formula is C21H28Cl2N3+. The van der Waals surface area contributed by atoms with Crippen molar-refractivity contribution >= 4 is 34.0 Å². The summed E-state index contributed by atoms with van der Waals surface area (Å²) in [5, 5.41) is 8.10. The molecule has 26 heavy (non-hydrogen) atoms. The average Bonchev–Trinajstić information content (AvgIpc) is 2.79. The highest BCUT2D eigenvalue weighted by atomic mass is 35.5. The van der Waals surface area contributed by atoms with Crippen LogP contribution in [0.25, 0.3) is 10.8 Å². The SMILES string of the molecule is CCCCCCN1C(Cl)=C(Cl)N(Cc2ccc3ccccc3c2)[N+]1(C)C. The van der Waals surface area contributed by atoms with Crippen LogP contribution >= 0.6 is 23.2 Å². The number of hydrogen-bond donors (Lipinski definition) is 0. The minimum atomic E-state index is 0.524. The minimum absolute atomic E-state index is 0.524. The molecule has 0 fully saturated rings. The van der Waals surface area contributed by atoms with E-state index in [0.717, 1.165) is 19.5 Å². The van der Waals surface area contributed by atoms with Crippen molar-refractivity contribution in [3.63, 3.8) is 0 Å². The minimum Gasteiger partial charge on any atom is -0.186 e. The molecule has 0 atom stereocenters. The Kier molecular flexibility index (Phi) is 6.01. The van der Waals surface area contributed by atoms with E-state index in [1.54, 1.807) is 0 Å². The standard InChI is InChI=1S/C21H28Cl2N3/c1-4-5-6-9-14-24-20(22)21(23)25(26(24,2)3)16-17-12-13-18-10-7-8-11-19(18)15-17/h7-8,10-13,15H,4-6,9,14,16H2,1-3H3/q+1. The van der Waals surface area contributed by atoms with Crippen molar-refractivity contribution in [3.05, 3.63) is 58.3 Å². The summed E-state index contributed by atoms with van der Waals surface area (Å²) < 4.78 is 0.524. The van der Waals surface area contributed by atoms with Crippen LogP contribution in [-0.4, -0.2) is 35.4 Å². The summed E-state index contributed by atoms with van der Waals surface area (Å²) in [4.78, 5) is 0. The Balaban J connectivity index is 1.78. The highest BCUT2D eigenvalue weighted by Crippen LogP contribution is 2.38. The molecule has 0 N–H and O–H groups in total. The van der Waals surface area contributed by atoms with Gasteiger partial charge in [0, 0.05) is 0 Å². The van der Waals surface area contributed by atoms with Gasteiger partial charge in [-0.3, -0.25) is 0 Å². The molecule has 2 aromatic carbocycles. The molecule has 3 nitrogen and oxygen atoms in total. The van der Waals surface area contributed by atoms with E-state index in [2.05, 4.69) is 73.5 Å². The van der Waals surface area contributed by atoms with E-state index in [4.69, 9.17) is 23.2 Å². The number of unbranched alkanes of at least 4 members (excludes halogenated alkanes) is 3. The van der Waals surface area contributed by atoms with Crippen LogP contribution in [0.5, 0.6) is 0 Å². The van der Waals surface area contributed by atoms with Crippen molar-refractivity contribution in [1.82, 2.24) is 10.0 Å². The van der Waals surface area contributed by atoms with Gasteiger partial charge in [0.05, 0.1) is 13.1 Å². The Morgan fingerprint density at radius 1 is 0.846 bits per heavy atom. The first-order valence-electron chi connectivity index (χ1n) is 9.38. The molecule has 5 heteroatoms. The van der Waals surface area contributed by atoms with Gasteiger partial charge in [-0.15, -0.1) is 4.70 Å². The summed E-state index contributed by atoms with van der Waals surface area (Å²) in [6, 6.07) is 15.0. The number of halogens is 2. The van der Waals surface area contributed by atoms with Gasteiger partial charge in [-0.2, -0.15) is 10.0 Å². The van der Waals surface area contributed by atoms with E-state index in [1.165, 1.54) is 35.6 Å². The van der Waals surface area contributed by atoms with E-state index in [1.807, 2.05) is 0 Å². The number of hydrogen-bond acceptors (Lipinski definition) is 2. The number of rotatable bonds is 7. The lowest BCUT2D eigenvalue weighted by Crippen LogP contribution is -2.57. The monoisotopic (exact) mass is 392 g/mol. The highest BCUT2D eigenvalue weighted by molar-refractivity contribution is 6.38. The van der Waals surface area contributed by atoms with E-state index in [-0.39, 0.29) is 0 Å². The largest absolute Gasteiger partial charge is 0.197 e. The topological polar surface area (TPSA) is 6.48 Å². The van der Waals surface area contributed by atoms with Crippen LogP contribution in [0.15, 0.2) is 52.8 Å². The fraction of sp³-hybridized carbons (Fsp3) is 0.429. The van der Waals surface area contributed by atoms with Gasteiger partial charge in [0.25, 0.3) is 0 Å². The van der Waals surface area contributed by atoms with Gasteiger partial charge >= 0.3 is 0 Å². The Morgan fingerprint density at radius 2 is 1.54 bits per heavy atom. The first-order valence-corrected chi connectivity index (χ1v) is 10.1.